The van der Waals surface area contributed by atoms with Crippen LogP contribution >= 0.6 is 0 Å². The summed E-state index contributed by atoms with van der Waals surface area (Å²) in [6.45, 7) is 7.12. The number of hydrogen-bond acceptors (Lipinski definition) is 7. The van der Waals surface area contributed by atoms with Gasteiger partial charge in [0, 0.05) is 43.2 Å². The molecule has 0 fully saturated rings. The fourth-order valence-electron chi connectivity index (χ4n) is 3.46. The van der Waals surface area contributed by atoms with Gasteiger partial charge in [-0.25, -0.2) is 9.97 Å². The normalized spacial score (nSPS) is 13.1. The van der Waals surface area contributed by atoms with E-state index >= 15 is 0 Å². The molecule has 1 aliphatic carbocycles. The predicted molar refractivity (Wildman–Crippen MR) is 116 cm³/mol. The first-order chi connectivity index (χ1) is 14.3. The van der Waals surface area contributed by atoms with Gasteiger partial charge in [0.05, 0.1) is 13.2 Å². The third kappa shape index (κ3) is 5.66. The summed E-state index contributed by atoms with van der Waals surface area (Å²) in [6, 6.07) is 3.64. The fourth-order valence-corrected chi connectivity index (χ4v) is 3.46. The van der Waals surface area contributed by atoms with E-state index in [-0.39, 0.29) is 18.0 Å². The van der Waals surface area contributed by atoms with Crippen LogP contribution in [0.15, 0.2) is 18.3 Å². The lowest BCUT2D eigenvalue weighted by Gasteiger charge is -2.25. The number of nitrogens with one attached hydrogen (secondary N) is 1. The Morgan fingerprint density at radius 1 is 1.23 bits per heavy atom. The van der Waals surface area contributed by atoms with E-state index in [1.54, 1.807) is 19.4 Å². The van der Waals surface area contributed by atoms with E-state index in [0.717, 1.165) is 36.3 Å². The van der Waals surface area contributed by atoms with Crippen LogP contribution in [0.3, 0.4) is 0 Å². The molecule has 2 aromatic rings. The first-order valence-corrected chi connectivity index (χ1v) is 10.3. The molecule has 1 aliphatic rings. The Balaban J connectivity index is 1.86. The Morgan fingerprint density at radius 3 is 2.77 bits per heavy atom. The molecular formula is C22H31N5O3. The summed E-state index contributed by atoms with van der Waals surface area (Å²) < 4.78 is 10.7. The minimum Gasteiger partial charge on any atom is -0.491 e. The summed E-state index contributed by atoms with van der Waals surface area (Å²) in [6.07, 6.45) is 4.55. The maximum absolute atomic E-state index is 12.4. The maximum Gasteiger partial charge on any atom is 0.239 e. The van der Waals surface area contributed by atoms with E-state index in [1.807, 2.05) is 38.8 Å². The number of methoxy groups -OCH3 is 1. The number of carbonyl (C=O) groups is 1. The largest absolute Gasteiger partial charge is 0.491 e. The summed E-state index contributed by atoms with van der Waals surface area (Å²) in [5, 5.41) is 3.00. The van der Waals surface area contributed by atoms with Crippen LogP contribution in [0.5, 0.6) is 5.75 Å². The second kappa shape index (κ2) is 9.38. The van der Waals surface area contributed by atoms with Gasteiger partial charge < -0.3 is 19.7 Å². The van der Waals surface area contributed by atoms with Crippen LogP contribution < -0.4 is 15.0 Å². The molecule has 0 bridgehead atoms. The number of aromatic nitrogens is 3. The molecule has 0 unspecified atom stereocenters. The molecule has 2 aromatic heterocycles. The van der Waals surface area contributed by atoms with Crippen LogP contribution in [0.4, 0.5) is 5.82 Å². The predicted octanol–water partition coefficient (Wildman–Crippen LogP) is 2.40. The van der Waals surface area contributed by atoms with Crippen LogP contribution in [0.2, 0.25) is 0 Å². The van der Waals surface area contributed by atoms with E-state index in [2.05, 4.69) is 10.3 Å². The van der Waals surface area contributed by atoms with Crippen LogP contribution in [0, 0.1) is 0 Å². The summed E-state index contributed by atoms with van der Waals surface area (Å²) in [5.74, 6) is 2.00. The molecule has 162 valence electrons. The number of likely N-dealkylation sites (N-methyl/N-ethyl adjacent to an activating group) is 1. The number of pyridine rings is 1. The van der Waals surface area contributed by atoms with Gasteiger partial charge in [-0.05, 0) is 46.1 Å². The highest BCUT2D eigenvalue weighted by Crippen LogP contribution is 2.31. The van der Waals surface area contributed by atoms with E-state index in [4.69, 9.17) is 19.4 Å². The molecule has 0 spiro atoms. The fraction of sp³-hybridized carbons (Fsp3) is 0.545. The topological polar surface area (TPSA) is 89.5 Å². The Morgan fingerprint density at radius 2 is 2.03 bits per heavy atom. The lowest BCUT2D eigenvalue weighted by Crippen LogP contribution is -2.45. The number of fused-ring (bicyclic) bond motifs is 1. The summed E-state index contributed by atoms with van der Waals surface area (Å²) in [4.78, 5) is 28.3. The number of carbonyl (C=O) groups excluding carboxylic acids is 1. The summed E-state index contributed by atoms with van der Waals surface area (Å²) in [7, 11) is 3.53. The van der Waals surface area contributed by atoms with Crippen molar-refractivity contribution in [3.8, 4) is 17.3 Å². The van der Waals surface area contributed by atoms with Crippen molar-refractivity contribution in [1.29, 1.82) is 0 Å². The zero-order chi connectivity index (χ0) is 21.7. The van der Waals surface area contributed by atoms with Gasteiger partial charge in [0.2, 0.25) is 5.91 Å². The first kappa shape index (κ1) is 22.0. The van der Waals surface area contributed by atoms with Gasteiger partial charge in [0.1, 0.15) is 23.9 Å². The van der Waals surface area contributed by atoms with Gasteiger partial charge in [0.25, 0.3) is 0 Å². The van der Waals surface area contributed by atoms with E-state index < -0.39 is 0 Å². The van der Waals surface area contributed by atoms with E-state index in [1.165, 1.54) is 0 Å². The van der Waals surface area contributed by atoms with Gasteiger partial charge in [-0.15, -0.1) is 0 Å². The molecule has 8 nitrogen and oxygen atoms in total. The molecule has 0 saturated heterocycles. The number of aryl methyl sites for hydroxylation is 1. The number of anilines is 1. The molecule has 0 aromatic carbocycles. The Kier molecular flexibility index (Phi) is 6.87. The van der Waals surface area contributed by atoms with Crippen LogP contribution in [-0.4, -0.2) is 60.3 Å². The van der Waals surface area contributed by atoms with Gasteiger partial charge in [-0.2, -0.15) is 0 Å². The van der Waals surface area contributed by atoms with Crippen molar-refractivity contribution in [3.63, 3.8) is 0 Å². The van der Waals surface area contributed by atoms with Crippen molar-refractivity contribution in [2.45, 2.75) is 45.6 Å². The lowest BCUT2D eigenvalue weighted by molar-refractivity contribution is -0.121. The molecular weight excluding hydrogens is 382 g/mol. The third-order valence-electron chi connectivity index (χ3n) is 4.68. The highest BCUT2D eigenvalue weighted by atomic mass is 16.5. The standard InChI is InChI=1S/C22H31N5O3/c1-22(2,3)26-19(28)14-27(4)21-16-7-6-8-17(16)24-20(25-21)18-13-15(9-10-23-18)30-12-11-29-5/h9-10,13H,6-8,11-12,14H2,1-5H3,(H,26,28). The third-order valence-corrected chi connectivity index (χ3v) is 4.68. The van der Waals surface area contributed by atoms with Crippen molar-refractivity contribution in [2.24, 2.45) is 0 Å². The quantitative estimate of drug-likeness (QED) is 0.665. The zero-order valence-corrected chi connectivity index (χ0v) is 18.5. The van der Waals surface area contributed by atoms with Crippen molar-refractivity contribution < 1.29 is 14.3 Å². The Hall–Kier alpha value is -2.74. The average Bonchev–Trinajstić information content (AvgIpc) is 3.14. The van der Waals surface area contributed by atoms with Crippen LogP contribution in [0.1, 0.15) is 38.4 Å². The molecule has 2 heterocycles. The van der Waals surface area contributed by atoms with Gasteiger partial charge in [-0.3, -0.25) is 9.78 Å². The number of rotatable bonds is 8. The molecule has 30 heavy (non-hydrogen) atoms. The molecule has 3 rings (SSSR count). The second-order valence-corrected chi connectivity index (χ2v) is 8.52. The Bertz CT molecular complexity index is 895. The number of ether oxygens (including phenoxy) is 2. The summed E-state index contributed by atoms with van der Waals surface area (Å²) in [5.41, 5.74) is 2.53. The highest BCUT2D eigenvalue weighted by molar-refractivity contribution is 5.82. The maximum atomic E-state index is 12.4. The van der Waals surface area contributed by atoms with Gasteiger partial charge >= 0.3 is 0 Å². The van der Waals surface area contributed by atoms with E-state index in [9.17, 15) is 4.79 Å². The first-order valence-electron chi connectivity index (χ1n) is 10.3. The van der Waals surface area contributed by atoms with Crippen molar-refractivity contribution in [1.82, 2.24) is 20.3 Å². The minimum absolute atomic E-state index is 0.0384. The van der Waals surface area contributed by atoms with Gasteiger partial charge in [0.15, 0.2) is 5.82 Å². The lowest BCUT2D eigenvalue weighted by atomic mass is 10.1. The number of hydrogen-bond donors (Lipinski definition) is 1. The smallest absolute Gasteiger partial charge is 0.239 e. The molecule has 0 aliphatic heterocycles. The SMILES string of the molecule is COCCOc1ccnc(-c2nc3c(c(N(C)CC(=O)NC(C)(C)C)n2)CCC3)c1. The van der Waals surface area contributed by atoms with Crippen molar-refractivity contribution in [3.05, 3.63) is 29.6 Å². The van der Waals surface area contributed by atoms with Crippen LogP contribution in [-0.2, 0) is 22.4 Å². The number of amides is 1. The molecule has 1 amide bonds. The highest BCUT2D eigenvalue weighted by Gasteiger charge is 2.24. The molecule has 0 saturated carbocycles. The molecule has 0 radical (unpaired) electrons. The summed E-state index contributed by atoms with van der Waals surface area (Å²) >= 11 is 0. The monoisotopic (exact) mass is 413 g/mol. The average molecular weight is 414 g/mol. The number of nitrogens with zero attached hydrogens (tertiary/aromatic N) is 4. The van der Waals surface area contributed by atoms with Crippen molar-refractivity contribution in [2.75, 3.05) is 38.8 Å². The Labute approximate surface area is 178 Å². The van der Waals surface area contributed by atoms with Gasteiger partial charge in [-0.1, -0.05) is 0 Å². The zero-order valence-electron chi connectivity index (χ0n) is 18.5. The van der Waals surface area contributed by atoms with E-state index in [0.29, 0.717) is 30.5 Å². The second-order valence-electron chi connectivity index (χ2n) is 8.52. The molecule has 8 heteroatoms. The van der Waals surface area contributed by atoms with Crippen LogP contribution in [0.25, 0.3) is 11.5 Å². The molecule has 1 N–H and O–H groups in total. The van der Waals surface area contributed by atoms with Crippen molar-refractivity contribution >= 4 is 11.7 Å². The molecule has 0 atom stereocenters. The minimum atomic E-state index is -0.274.